The Balaban J connectivity index is 1.64. The van der Waals surface area contributed by atoms with Crippen LogP contribution in [0.15, 0.2) is 46.6 Å². The summed E-state index contributed by atoms with van der Waals surface area (Å²) in [4.78, 5) is 32.3. The molecular weight excluding hydrogens is 310 g/mol. The Morgan fingerprint density at radius 1 is 1.30 bits per heavy atom. The molecule has 2 N–H and O–H groups in total. The van der Waals surface area contributed by atoms with Crippen molar-refractivity contribution in [2.24, 2.45) is 0 Å². The Hall–Kier alpha value is -2.47. The molecule has 5 nitrogen and oxygen atoms in total. The molecule has 0 bridgehead atoms. The summed E-state index contributed by atoms with van der Waals surface area (Å²) in [7, 11) is 0. The number of nitrogens with one attached hydrogen (secondary N) is 2. The van der Waals surface area contributed by atoms with Crippen molar-refractivity contribution >= 4 is 28.1 Å². The minimum absolute atomic E-state index is 0.00823. The van der Waals surface area contributed by atoms with Crippen LogP contribution in [0.25, 0.3) is 10.9 Å². The number of amides is 1. The number of thiophene rings is 1. The highest BCUT2D eigenvalue weighted by molar-refractivity contribution is 7.10. The van der Waals surface area contributed by atoms with Crippen molar-refractivity contribution < 1.29 is 4.79 Å². The van der Waals surface area contributed by atoms with Gasteiger partial charge in [0.2, 0.25) is 5.91 Å². The van der Waals surface area contributed by atoms with Gasteiger partial charge in [0.25, 0.3) is 5.56 Å². The highest BCUT2D eigenvalue weighted by Crippen LogP contribution is 2.18. The predicted octanol–water partition coefficient (Wildman–Crippen LogP) is 2.79. The van der Waals surface area contributed by atoms with Crippen molar-refractivity contribution in [2.75, 3.05) is 0 Å². The maximum absolute atomic E-state index is 12.0. The van der Waals surface area contributed by atoms with Gasteiger partial charge in [-0.05, 0) is 30.5 Å². The van der Waals surface area contributed by atoms with Gasteiger partial charge in [0.15, 0.2) is 0 Å². The number of benzene rings is 1. The fraction of sp³-hybridized carbons (Fsp3) is 0.235. The largest absolute Gasteiger partial charge is 0.349 e. The van der Waals surface area contributed by atoms with E-state index in [0.29, 0.717) is 23.1 Å². The number of H-pyrrole nitrogens is 1. The van der Waals surface area contributed by atoms with E-state index in [4.69, 9.17) is 0 Å². The lowest BCUT2D eigenvalue weighted by Crippen LogP contribution is -2.26. The second-order valence-electron chi connectivity index (χ2n) is 5.33. The van der Waals surface area contributed by atoms with E-state index >= 15 is 0 Å². The smallest absolute Gasteiger partial charge is 0.258 e. The average molecular weight is 327 g/mol. The summed E-state index contributed by atoms with van der Waals surface area (Å²) >= 11 is 1.62. The molecular formula is C17H17N3O2S. The van der Waals surface area contributed by atoms with E-state index in [1.54, 1.807) is 29.5 Å². The molecule has 0 unspecified atom stereocenters. The van der Waals surface area contributed by atoms with Crippen molar-refractivity contribution in [3.63, 3.8) is 0 Å². The molecule has 1 amide bonds. The highest BCUT2D eigenvalue weighted by Gasteiger charge is 2.11. The van der Waals surface area contributed by atoms with Crippen molar-refractivity contribution in [3.05, 3.63) is 62.8 Å². The van der Waals surface area contributed by atoms with Crippen LogP contribution in [0.1, 0.15) is 30.1 Å². The molecule has 1 aromatic carbocycles. The lowest BCUT2D eigenvalue weighted by atomic mass is 10.2. The average Bonchev–Trinajstić information content (AvgIpc) is 3.07. The molecule has 3 aromatic rings. The summed E-state index contributed by atoms with van der Waals surface area (Å²) in [5, 5.41) is 5.51. The van der Waals surface area contributed by atoms with E-state index in [1.807, 2.05) is 30.5 Å². The monoisotopic (exact) mass is 327 g/mol. The zero-order chi connectivity index (χ0) is 16.2. The summed E-state index contributed by atoms with van der Waals surface area (Å²) in [5.74, 6) is 0.481. The number of para-hydroxylation sites is 1. The van der Waals surface area contributed by atoms with E-state index < -0.39 is 0 Å². The van der Waals surface area contributed by atoms with Crippen LogP contribution in [0.2, 0.25) is 0 Å². The third-order valence-electron chi connectivity index (χ3n) is 3.60. The number of hydrogen-bond acceptors (Lipinski definition) is 4. The second-order valence-corrected chi connectivity index (χ2v) is 6.31. The standard InChI is InChI=1S/C17H17N3O2S/c1-11(14-7-4-10-23-14)18-16(21)9-8-15-19-13-6-3-2-5-12(13)17(22)20-15/h2-7,10-11H,8-9H2,1H3,(H,18,21)(H,19,20,22)/t11-/m0/s1. The summed E-state index contributed by atoms with van der Waals surface area (Å²) in [6.45, 7) is 1.96. The molecule has 23 heavy (non-hydrogen) atoms. The zero-order valence-corrected chi connectivity index (χ0v) is 13.5. The number of carbonyl (C=O) groups excluding carboxylic acids is 1. The van der Waals surface area contributed by atoms with Crippen molar-refractivity contribution in [3.8, 4) is 0 Å². The van der Waals surface area contributed by atoms with Crippen LogP contribution in [-0.2, 0) is 11.2 Å². The summed E-state index contributed by atoms with van der Waals surface area (Å²) in [6.07, 6.45) is 0.695. The second kappa shape index (κ2) is 6.75. The zero-order valence-electron chi connectivity index (χ0n) is 12.7. The fourth-order valence-corrected chi connectivity index (χ4v) is 3.14. The van der Waals surface area contributed by atoms with E-state index in [1.165, 1.54) is 0 Å². The Morgan fingerprint density at radius 3 is 2.91 bits per heavy atom. The normalized spacial score (nSPS) is 12.2. The maximum Gasteiger partial charge on any atom is 0.258 e. The molecule has 0 spiro atoms. The van der Waals surface area contributed by atoms with Gasteiger partial charge in [0.05, 0.1) is 16.9 Å². The lowest BCUT2D eigenvalue weighted by molar-refractivity contribution is -0.121. The number of aromatic amines is 1. The molecule has 1 atom stereocenters. The van der Waals surface area contributed by atoms with Gasteiger partial charge >= 0.3 is 0 Å². The van der Waals surface area contributed by atoms with Gasteiger partial charge in [0.1, 0.15) is 5.82 Å². The van der Waals surface area contributed by atoms with Gasteiger partial charge in [-0.1, -0.05) is 18.2 Å². The molecule has 118 valence electrons. The summed E-state index contributed by atoms with van der Waals surface area (Å²) < 4.78 is 0. The Kier molecular flexibility index (Phi) is 4.52. The maximum atomic E-state index is 12.0. The first-order chi connectivity index (χ1) is 11.1. The van der Waals surface area contributed by atoms with Gasteiger partial charge in [-0.25, -0.2) is 4.98 Å². The Labute approximate surface area is 137 Å². The molecule has 0 saturated carbocycles. The minimum Gasteiger partial charge on any atom is -0.349 e. The number of nitrogens with zero attached hydrogens (tertiary/aromatic N) is 1. The fourth-order valence-electron chi connectivity index (χ4n) is 2.41. The molecule has 0 saturated heterocycles. The van der Waals surface area contributed by atoms with Gasteiger partial charge in [0, 0.05) is 17.7 Å². The Morgan fingerprint density at radius 2 is 2.13 bits per heavy atom. The number of hydrogen-bond donors (Lipinski definition) is 2. The van der Waals surface area contributed by atoms with E-state index in [9.17, 15) is 9.59 Å². The van der Waals surface area contributed by atoms with Crippen LogP contribution in [0.3, 0.4) is 0 Å². The van der Waals surface area contributed by atoms with Gasteiger partial charge in [-0.3, -0.25) is 9.59 Å². The third-order valence-corrected chi connectivity index (χ3v) is 4.65. The SMILES string of the molecule is C[C@H](NC(=O)CCc1nc2ccccc2c(=O)[nH]1)c1cccs1. The first-order valence-electron chi connectivity index (χ1n) is 7.44. The van der Waals surface area contributed by atoms with Crippen LogP contribution >= 0.6 is 11.3 Å². The molecule has 0 fully saturated rings. The van der Waals surface area contributed by atoms with E-state index in [2.05, 4.69) is 15.3 Å². The number of fused-ring (bicyclic) bond motifs is 1. The van der Waals surface area contributed by atoms with E-state index in [0.717, 1.165) is 4.88 Å². The minimum atomic E-state index is -0.169. The van der Waals surface area contributed by atoms with Crippen LogP contribution in [0, 0.1) is 0 Å². The summed E-state index contributed by atoms with van der Waals surface area (Å²) in [6, 6.07) is 11.1. The number of rotatable bonds is 5. The van der Waals surface area contributed by atoms with Crippen LogP contribution in [-0.4, -0.2) is 15.9 Å². The molecule has 2 aromatic heterocycles. The van der Waals surface area contributed by atoms with Gasteiger partial charge in [-0.2, -0.15) is 0 Å². The molecule has 6 heteroatoms. The van der Waals surface area contributed by atoms with Crippen LogP contribution in [0.5, 0.6) is 0 Å². The van der Waals surface area contributed by atoms with Crippen molar-refractivity contribution in [1.29, 1.82) is 0 Å². The number of aryl methyl sites for hydroxylation is 1. The first kappa shape index (κ1) is 15.4. The molecule has 2 heterocycles. The van der Waals surface area contributed by atoms with Crippen LogP contribution < -0.4 is 10.9 Å². The lowest BCUT2D eigenvalue weighted by Gasteiger charge is -2.12. The third kappa shape index (κ3) is 3.65. The quantitative estimate of drug-likeness (QED) is 0.756. The van der Waals surface area contributed by atoms with Gasteiger partial charge < -0.3 is 10.3 Å². The summed E-state index contributed by atoms with van der Waals surface area (Å²) in [5.41, 5.74) is 0.483. The van der Waals surface area contributed by atoms with Crippen LogP contribution in [0.4, 0.5) is 0 Å². The van der Waals surface area contributed by atoms with Crippen molar-refractivity contribution in [1.82, 2.24) is 15.3 Å². The number of carbonyl (C=O) groups is 1. The molecule has 3 rings (SSSR count). The highest BCUT2D eigenvalue weighted by atomic mass is 32.1. The molecule has 0 aliphatic rings. The number of aromatic nitrogens is 2. The van der Waals surface area contributed by atoms with Gasteiger partial charge in [-0.15, -0.1) is 11.3 Å². The molecule has 0 radical (unpaired) electrons. The van der Waals surface area contributed by atoms with Crippen molar-refractivity contribution in [2.45, 2.75) is 25.8 Å². The van der Waals surface area contributed by atoms with E-state index in [-0.39, 0.29) is 23.9 Å². The predicted molar refractivity (Wildman–Crippen MR) is 91.6 cm³/mol. The Bertz CT molecular complexity index is 871. The first-order valence-corrected chi connectivity index (χ1v) is 8.32. The molecule has 0 aliphatic carbocycles. The topological polar surface area (TPSA) is 74.8 Å². The molecule has 0 aliphatic heterocycles.